The van der Waals surface area contributed by atoms with Gasteiger partial charge in [0.2, 0.25) is 6.41 Å². The smallest absolute Gasteiger partial charge is 0.216 e. The van der Waals surface area contributed by atoms with Gasteiger partial charge in [-0.2, -0.15) is 0 Å². The van der Waals surface area contributed by atoms with Crippen molar-refractivity contribution in [1.29, 1.82) is 0 Å². The summed E-state index contributed by atoms with van der Waals surface area (Å²) in [6, 6.07) is 0. The molecule has 1 N–H and O–H groups in total. The molecule has 4 heteroatoms. The average molecular weight is 282 g/mol. The van der Waals surface area contributed by atoms with Crippen molar-refractivity contribution < 1.29 is 9.84 Å². The Morgan fingerprint density at radius 2 is 1.90 bits per heavy atom. The first-order valence-corrected chi connectivity index (χ1v) is 7.94. The predicted octanol–water partition coefficient (Wildman–Crippen LogP) is 2.20. The molecule has 1 heterocycles. The summed E-state index contributed by atoms with van der Waals surface area (Å²) >= 11 is 0. The van der Waals surface area contributed by atoms with Crippen LogP contribution in [0.2, 0.25) is 0 Å². The van der Waals surface area contributed by atoms with Crippen molar-refractivity contribution >= 4 is 0 Å². The quantitative estimate of drug-likeness (QED) is 0.633. The summed E-state index contributed by atoms with van der Waals surface area (Å²) in [5.74, 6) is 0. The molecule has 0 amide bonds. The van der Waals surface area contributed by atoms with Gasteiger partial charge in [-0.15, -0.1) is 0 Å². The lowest BCUT2D eigenvalue weighted by molar-refractivity contribution is -0.243. The number of nitrogens with zero attached hydrogens (tertiary/aromatic N) is 2. The molecule has 0 aromatic rings. The Bertz CT molecular complexity index is 328. The van der Waals surface area contributed by atoms with Gasteiger partial charge in [0.05, 0.1) is 5.60 Å². The highest BCUT2D eigenvalue weighted by atomic mass is 16.6. The number of hydrogen-bond donors (Lipinski definition) is 1. The molecule has 1 aliphatic carbocycles. The molecule has 1 aliphatic heterocycles. The third kappa shape index (κ3) is 5.17. The molecule has 0 radical (unpaired) electrons. The number of rotatable bonds is 4. The standard InChI is InChI=1S/C16H30N2O2/c1-16(2,3)20-15(19)18-11-9-17(10-12-18)13-14-7-5-4-6-8-14/h7,15,19H,4-6,8-13H2,1-3H3. The van der Waals surface area contributed by atoms with Crippen LogP contribution in [0.15, 0.2) is 11.6 Å². The molecule has 2 rings (SSSR count). The predicted molar refractivity (Wildman–Crippen MR) is 81.4 cm³/mol. The zero-order valence-electron chi connectivity index (χ0n) is 13.3. The summed E-state index contributed by atoms with van der Waals surface area (Å²) < 4.78 is 5.61. The van der Waals surface area contributed by atoms with E-state index in [0.717, 1.165) is 32.7 Å². The van der Waals surface area contributed by atoms with Crippen molar-refractivity contribution in [1.82, 2.24) is 9.80 Å². The number of hydrogen-bond acceptors (Lipinski definition) is 4. The van der Waals surface area contributed by atoms with E-state index in [4.69, 9.17) is 4.74 Å². The van der Waals surface area contributed by atoms with Crippen molar-refractivity contribution in [3.63, 3.8) is 0 Å². The van der Waals surface area contributed by atoms with Crippen LogP contribution in [0.4, 0.5) is 0 Å². The molecule has 1 atom stereocenters. The van der Waals surface area contributed by atoms with Crippen LogP contribution in [0.25, 0.3) is 0 Å². The Balaban J connectivity index is 1.73. The summed E-state index contributed by atoms with van der Waals surface area (Å²) in [6.45, 7) is 10.8. The number of aliphatic hydroxyl groups is 1. The van der Waals surface area contributed by atoms with Gasteiger partial charge in [0.1, 0.15) is 0 Å². The van der Waals surface area contributed by atoms with Crippen LogP contribution in [0.3, 0.4) is 0 Å². The maximum atomic E-state index is 10.1. The summed E-state index contributed by atoms with van der Waals surface area (Å²) in [5.41, 5.74) is 1.31. The van der Waals surface area contributed by atoms with E-state index in [2.05, 4.69) is 11.0 Å². The second-order valence-electron chi connectivity index (χ2n) is 6.98. The number of aliphatic hydroxyl groups excluding tert-OH is 1. The van der Waals surface area contributed by atoms with Crippen molar-refractivity contribution in [2.45, 2.75) is 58.5 Å². The minimum Gasteiger partial charge on any atom is -0.356 e. The molecule has 1 saturated heterocycles. The van der Waals surface area contributed by atoms with Crippen molar-refractivity contribution in [2.75, 3.05) is 32.7 Å². The number of piperazine rings is 1. The Morgan fingerprint density at radius 1 is 1.20 bits per heavy atom. The molecule has 2 aliphatic rings. The van der Waals surface area contributed by atoms with Gasteiger partial charge in [-0.1, -0.05) is 11.6 Å². The van der Waals surface area contributed by atoms with E-state index in [1.54, 1.807) is 5.57 Å². The van der Waals surface area contributed by atoms with Crippen LogP contribution in [0.1, 0.15) is 46.5 Å². The van der Waals surface area contributed by atoms with Gasteiger partial charge in [0, 0.05) is 32.7 Å². The van der Waals surface area contributed by atoms with Gasteiger partial charge >= 0.3 is 0 Å². The van der Waals surface area contributed by atoms with Crippen LogP contribution in [0, 0.1) is 0 Å². The van der Waals surface area contributed by atoms with E-state index in [-0.39, 0.29) is 5.60 Å². The van der Waals surface area contributed by atoms with Crippen LogP contribution < -0.4 is 0 Å². The Labute approximate surface area is 123 Å². The minimum atomic E-state index is -0.772. The highest BCUT2D eigenvalue weighted by Crippen LogP contribution is 2.19. The molecule has 20 heavy (non-hydrogen) atoms. The van der Waals surface area contributed by atoms with Gasteiger partial charge in [0.15, 0.2) is 0 Å². The fourth-order valence-corrected chi connectivity index (χ4v) is 2.87. The molecular formula is C16H30N2O2. The van der Waals surface area contributed by atoms with Gasteiger partial charge in [-0.25, -0.2) is 0 Å². The first-order chi connectivity index (χ1) is 9.44. The van der Waals surface area contributed by atoms with E-state index < -0.39 is 6.41 Å². The van der Waals surface area contributed by atoms with Gasteiger partial charge in [0.25, 0.3) is 0 Å². The molecule has 0 aromatic heterocycles. The molecule has 0 spiro atoms. The van der Waals surface area contributed by atoms with Gasteiger partial charge in [-0.05, 0) is 46.5 Å². The maximum absolute atomic E-state index is 10.1. The monoisotopic (exact) mass is 282 g/mol. The van der Waals surface area contributed by atoms with Crippen molar-refractivity contribution in [3.05, 3.63) is 11.6 Å². The summed E-state index contributed by atoms with van der Waals surface area (Å²) in [6.07, 6.45) is 6.89. The SMILES string of the molecule is CC(C)(C)OC(O)N1CCN(CC2=CCCCC2)CC1. The molecule has 0 saturated carbocycles. The lowest BCUT2D eigenvalue weighted by Gasteiger charge is -2.39. The lowest BCUT2D eigenvalue weighted by atomic mass is 9.99. The van der Waals surface area contributed by atoms with Crippen LogP contribution in [-0.4, -0.2) is 59.6 Å². The second kappa shape index (κ2) is 7.03. The molecule has 0 bridgehead atoms. The van der Waals surface area contributed by atoms with E-state index >= 15 is 0 Å². The maximum Gasteiger partial charge on any atom is 0.216 e. The number of allylic oxidation sites excluding steroid dienone is 1. The van der Waals surface area contributed by atoms with E-state index in [0.29, 0.717) is 0 Å². The third-order valence-corrected chi connectivity index (χ3v) is 3.99. The molecule has 1 unspecified atom stereocenters. The van der Waals surface area contributed by atoms with Crippen LogP contribution >= 0.6 is 0 Å². The third-order valence-electron chi connectivity index (χ3n) is 3.99. The Morgan fingerprint density at radius 3 is 2.45 bits per heavy atom. The highest BCUT2D eigenvalue weighted by molar-refractivity contribution is 5.07. The average Bonchev–Trinajstić information content (AvgIpc) is 2.39. The van der Waals surface area contributed by atoms with Gasteiger partial charge < -0.3 is 9.84 Å². The van der Waals surface area contributed by atoms with E-state index in [1.807, 2.05) is 25.7 Å². The van der Waals surface area contributed by atoms with Crippen LogP contribution in [0.5, 0.6) is 0 Å². The van der Waals surface area contributed by atoms with E-state index in [1.165, 1.54) is 25.7 Å². The highest BCUT2D eigenvalue weighted by Gasteiger charge is 2.26. The number of ether oxygens (including phenoxy) is 1. The minimum absolute atomic E-state index is 0.302. The lowest BCUT2D eigenvalue weighted by Crippen LogP contribution is -2.52. The summed E-state index contributed by atoms with van der Waals surface area (Å²) in [4.78, 5) is 4.52. The molecule has 4 nitrogen and oxygen atoms in total. The zero-order chi connectivity index (χ0) is 14.6. The summed E-state index contributed by atoms with van der Waals surface area (Å²) in [5, 5.41) is 10.1. The summed E-state index contributed by atoms with van der Waals surface area (Å²) in [7, 11) is 0. The fraction of sp³-hybridized carbons (Fsp3) is 0.875. The first-order valence-electron chi connectivity index (χ1n) is 7.94. The molecule has 116 valence electrons. The second-order valence-corrected chi connectivity index (χ2v) is 6.98. The molecular weight excluding hydrogens is 252 g/mol. The Kier molecular flexibility index (Phi) is 5.61. The normalized spacial score (nSPS) is 24.5. The van der Waals surface area contributed by atoms with Crippen molar-refractivity contribution in [3.8, 4) is 0 Å². The fourth-order valence-electron chi connectivity index (χ4n) is 2.87. The topological polar surface area (TPSA) is 35.9 Å². The molecule has 0 aromatic carbocycles. The van der Waals surface area contributed by atoms with Crippen LogP contribution in [-0.2, 0) is 4.74 Å². The van der Waals surface area contributed by atoms with Gasteiger partial charge in [-0.3, -0.25) is 9.80 Å². The largest absolute Gasteiger partial charge is 0.356 e. The zero-order valence-corrected chi connectivity index (χ0v) is 13.3. The van der Waals surface area contributed by atoms with E-state index in [9.17, 15) is 5.11 Å². The van der Waals surface area contributed by atoms with Crippen molar-refractivity contribution in [2.24, 2.45) is 0 Å². The molecule has 1 fully saturated rings. The Hall–Kier alpha value is -0.420. The first kappa shape index (κ1) is 16.0.